The van der Waals surface area contributed by atoms with Gasteiger partial charge in [-0.15, -0.1) is 0 Å². The van der Waals surface area contributed by atoms with Crippen LogP contribution in [-0.4, -0.2) is 22.7 Å². The Morgan fingerprint density at radius 2 is 2.29 bits per heavy atom. The van der Waals surface area contributed by atoms with Crippen molar-refractivity contribution in [1.82, 2.24) is 9.55 Å². The van der Waals surface area contributed by atoms with Crippen molar-refractivity contribution >= 4 is 11.5 Å². The highest BCUT2D eigenvalue weighted by atomic mass is 16.5. The Bertz CT molecular complexity index is 679. The number of hydrogen-bond donors (Lipinski definition) is 2. The lowest BCUT2D eigenvalue weighted by Gasteiger charge is -2.10. The molecule has 1 fully saturated rings. The van der Waals surface area contributed by atoms with E-state index in [0.717, 1.165) is 18.5 Å². The summed E-state index contributed by atoms with van der Waals surface area (Å²) in [6, 6.07) is 7.73. The molecule has 0 bridgehead atoms. The Morgan fingerprint density at radius 3 is 3.05 bits per heavy atom. The van der Waals surface area contributed by atoms with E-state index in [2.05, 4.69) is 10.3 Å². The van der Waals surface area contributed by atoms with Crippen molar-refractivity contribution in [2.45, 2.75) is 18.9 Å². The summed E-state index contributed by atoms with van der Waals surface area (Å²) in [6.07, 6.45) is 5.51. The minimum atomic E-state index is -0.0896. The van der Waals surface area contributed by atoms with E-state index in [9.17, 15) is 4.79 Å². The van der Waals surface area contributed by atoms with Gasteiger partial charge in [0, 0.05) is 36.7 Å². The summed E-state index contributed by atoms with van der Waals surface area (Å²) in [7, 11) is 0. The predicted octanol–water partition coefficient (Wildman–Crippen LogP) is 1.66. The van der Waals surface area contributed by atoms with Crippen LogP contribution in [0.2, 0.25) is 0 Å². The summed E-state index contributed by atoms with van der Waals surface area (Å²) in [5.41, 5.74) is 6.09. The fourth-order valence-corrected chi connectivity index (χ4v) is 2.13. The number of nitrogens with one attached hydrogen (secondary N) is 1. The van der Waals surface area contributed by atoms with Crippen LogP contribution in [0.1, 0.15) is 18.9 Å². The van der Waals surface area contributed by atoms with E-state index in [0.29, 0.717) is 30.8 Å². The lowest BCUT2D eigenvalue weighted by Crippen LogP contribution is -2.22. The van der Waals surface area contributed by atoms with Gasteiger partial charge in [-0.25, -0.2) is 4.98 Å². The quantitative estimate of drug-likeness (QED) is 0.844. The molecule has 1 heterocycles. The Balaban J connectivity index is 1.80. The molecule has 0 radical (unpaired) electrons. The maximum Gasteiger partial charge on any atom is 0.293 e. The minimum Gasteiger partial charge on any atom is -0.492 e. The fourth-order valence-electron chi connectivity index (χ4n) is 2.13. The summed E-state index contributed by atoms with van der Waals surface area (Å²) in [4.78, 5) is 16.4. The van der Waals surface area contributed by atoms with Gasteiger partial charge in [0.1, 0.15) is 12.4 Å². The van der Waals surface area contributed by atoms with Crippen LogP contribution < -0.4 is 21.3 Å². The zero-order valence-corrected chi connectivity index (χ0v) is 11.7. The molecule has 110 valence electrons. The third kappa shape index (κ3) is 3.22. The first-order valence-corrected chi connectivity index (χ1v) is 7.05. The molecule has 3 N–H and O–H groups in total. The first-order valence-electron chi connectivity index (χ1n) is 7.05. The second-order valence-corrected chi connectivity index (χ2v) is 5.01. The minimum absolute atomic E-state index is 0.0896. The Morgan fingerprint density at radius 1 is 1.43 bits per heavy atom. The van der Waals surface area contributed by atoms with Gasteiger partial charge in [0.2, 0.25) is 0 Å². The number of nitrogens with two attached hydrogens (primary N) is 1. The van der Waals surface area contributed by atoms with Crippen molar-refractivity contribution in [3.8, 4) is 5.75 Å². The van der Waals surface area contributed by atoms with Crippen LogP contribution in [0, 0.1) is 0 Å². The Labute approximate surface area is 122 Å². The van der Waals surface area contributed by atoms with Crippen molar-refractivity contribution in [2.75, 3.05) is 18.5 Å². The number of hydrogen-bond acceptors (Lipinski definition) is 5. The van der Waals surface area contributed by atoms with Crippen molar-refractivity contribution < 1.29 is 4.74 Å². The van der Waals surface area contributed by atoms with Gasteiger partial charge in [0.15, 0.2) is 5.82 Å². The van der Waals surface area contributed by atoms with Gasteiger partial charge in [0.25, 0.3) is 5.56 Å². The number of anilines is 2. The molecule has 1 saturated carbocycles. The van der Waals surface area contributed by atoms with Crippen molar-refractivity contribution in [1.29, 1.82) is 0 Å². The number of aromatic nitrogens is 2. The molecule has 0 aliphatic heterocycles. The maximum atomic E-state index is 12.3. The molecule has 0 unspecified atom stereocenters. The molecular weight excluding hydrogens is 268 g/mol. The highest BCUT2D eigenvalue weighted by Gasteiger charge is 2.25. The van der Waals surface area contributed by atoms with Crippen LogP contribution >= 0.6 is 0 Å². The maximum absolute atomic E-state index is 12.3. The standard InChI is InChI=1S/C15H18N4O2/c16-6-9-21-13-3-1-2-11(10-13)18-14-15(20)19(8-7-17-14)12-4-5-12/h1-3,7-8,10,12H,4-6,9,16H2,(H,17,18). The normalized spacial score (nSPS) is 14.0. The summed E-state index contributed by atoms with van der Waals surface area (Å²) < 4.78 is 7.21. The number of rotatable bonds is 6. The fraction of sp³-hybridized carbons (Fsp3) is 0.333. The molecule has 2 aromatic rings. The largest absolute Gasteiger partial charge is 0.492 e. The molecule has 0 amide bonds. The van der Waals surface area contributed by atoms with Gasteiger partial charge in [0.05, 0.1) is 0 Å². The van der Waals surface area contributed by atoms with Gasteiger partial charge in [-0.05, 0) is 25.0 Å². The van der Waals surface area contributed by atoms with E-state index in [1.54, 1.807) is 17.0 Å². The first kappa shape index (κ1) is 13.6. The Kier molecular flexibility index (Phi) is 3.87. The number of ether oxygens (including phenoxy) is 1. The second kappa shape index (κ2) is 5.97. The van der Waals surface area contributed by atoms with Gasteiger partial charge < -0.3 is 20.4 Å². The lowest BCUT2D eigenvalue weighted by molar-refractivity contribution is 0.328. The first-order chi connectivity index (χ1) is 10.3. The average Bonchev–Trinajstić information content (AvgIpc) is 3.32. The highest BCUT2D eigenvalue weighted by molar-refractivity contribution is 5.57. The van der Waals surface area contributed by atoms with Gasteiger partial charge in [-0.1, -0.05) is 6.07 Å². The van der Waals surface area contributed by atoms with Crippen LogP contribution in [0.4, 0.5) is 11.5 Å². The van der Waals surface area contributed by atoms with E-state index in [4.69, 9.17) is 10.5 Å². The SMILES string of the molecule is NCCOc1cccc(Nc2nccn(C3CC3)c2=O)c1. The van der Waals surface area contributed by atoms with E-state index < -0.39 is 0 Å². The van der Waals surface area contributed by atoms with E-state index in [1.807, 2.05) is 24.3 Å². The van der Waals surface area contributed by atoms with Gasteiger partial charge in [-0.3, -0.25) is 4.79 Å². The molecule has 1 aromatic carbocycles. The van der Waals surface area contributed by atoms with Crippen LogP contribution in [-0.2, 0) is 0 Å². The third-order valence-electron chi connectivity index (χ3n) is 3.29. The van der Waals surface area contributed by atoms with Crippen LogP contribution in [0.15, 0.2) is 41.5 Å². The second-order valence-electron chi connectivity index (χ2n) is 5.01. The lowest BCUT2D eigenvalue weighted by atomic mass is 10.3. The van der Waals surface area contributed by atoms with Gasteiger partial charge >= 0.3 is 0 Å². The predicted molar refractivity (Wildman–Crippen MR) is 81.0 cm³/mol. The number of benzene rings is 1. The van der Waals surface area contributed by atoms with Crippen LogP contribution in [0.25, 0.3) is 0 Å². The zero-order chi connectivity index (χ0) is 14.7. The molecule has 1 aliphatic rings. The van der Waals surface area contributed by atoms with E-state index >= 15 is 0 Å². The smallest absolute Gasteiger partial charge is 0.293 e. The van der Waals surface area contributed by atoms with E-state index in [1.165, 1.54) is 0 Å². The van der Waals surface area contributed by atoms with Crippen LogP contribution in [0.3, 0.4) is 0 Å². The number of nitrogens with zero attached hydrogens (tertiary/aromatic N) is 2. The highest BCUT2D eigenvalue weighted by Crippen LogP contribution is 2.33. The molecule has 6 nitrogen and oxygen atoms in total. The van der Waals surface area contributed by atoms with Crippen LogP contribution in [0.5, 0.6) is 5.75 Å². The summed E-state index contributed by atoms with van der Waals surface area (Å²) in [5.74, 6) is 1.05. The van der Waals surface area contributed by atoms with Crippen molar-refractivity contribution in [2.24, 2.45) is 5.73 Å². The molecule has 1 aliphatic carbocycles. The topological polar surface area (TPSA) is 82.2 Å². The summed E-state index contributed by atoms with van der Waals surface area (Å²) in [6.45, 7) is 0.922. The summed E-state index contributed by atoms with van der Waals surface area (Å²) >= 11 is 0. The Hall–Kier alpha value is -2.34. The third-order valence-corrected chi connectivity index (χ3v) is 3.29. The van der Waals surface area contributed by atoms with Crippen molar-refractivity contribution in [3.63, 3.8) is 0 Å². The van der Waals surface area contributed by atoms with Gasteiger partial charge in [-0.2, -0.15) is 0 Å². The molecular formula is C15H18N4O2. The average molecular weight is 286 g/mol. The van der Waals surface area contributed by atoms with Crippen molar-refractivity contribution in [3.05, 3.63) is 47.0 Å². The molecule has 0 saturated heterocycles. The molecule has 6 heteroatoms. The molecule has 0 atom stereocenters. The van der Waals surface area contributed by atoms with E-state index in [-0.39, 0.29) is 5.56 Å². The molecule has 0 spiro atoms. The molecule has 1 aromatic heterocycles. The summed E-state index contributed by atoms with van der Waals surface area (Å²) in [5, 5.41) is 3.06. The zero-order valence-electron chi connectivity index (χ0n) is 11.7. The monoisotopic (exact) mass is 286 g/mol. The molecule has 3 rings (SSSR count). The molecule has 21 heavy (non-hydrogen) atoms.